The standard InChI is InChI=1S/C20H32N2O3/c1-6-16(13-23)21-18(24)11-15-7-9-17(10-8-15)22-19(25)20(4,5)12-14(2)3/h7-10,14,16,23H,6,11-13H2,1-5H3,(H,21,24)(H,22,25). The smallest absolute Gasteiger partial charge is 0.230 e. The summed E-state index contributed by atoms with van der Waals surface area (Å²) in [6.07, 6.45) is 1.77. The van der Waals surface area contributed by atoms with Crippen LogP contribution in [0.5, 0.6) is 0 Å². The molecule has 140 valence electrons. The molecule has 0 fully saturated rings. The number of amides is 2. The van der Waals surface area contributed by atoms with Crippen molar-refractivity contribution in [3.05, 3.63) is 29.8 Å². The molecule has 25 heavy (non-hydrogen) atoms. The van der Waals surface area contributed by atoms with Gasteiger partial charge in [0.2, 0.25) is 11.8 Å². The second-order valence-corrected chi connectivity index (χ2v) is 7.66. The minimum absolute atomic E-state index is 0.000395. The summed E-state index contributed by atoms with van der Waals surface area (Å²) in [6.45, 7) is 9.97. The number of rotatable bonds is 9. The van der Waals surface area contributed by atoms with Crippen LogP contribution in [0.25, 0.3) is 0 Å². The predicted molar refractivity (Wildman–Crippen MR) is 101 cm³/mol. The third kappa shape index (κ3) is 7.26. The molecule has 5 nitrogen and oxygen atoms in total. The highest BCUT2D eigenvalue weighted by Crippen LogP contribution is 2.27. The van der Waals surface area contributed by atoms with Crippen LogP contribution < -0.4 is 10.6 Å². The van der Waals surface area contributed by atoms with E-state index < -0.39 is 5.41 Å². The Balaban J connectivity index is 2.61. The molecule has 0 aliphatic carbocycles. The third-order valence-corrected chi connectivity index (χ3v) is 4.19. The quantitative estimate of drug-likeness (QED) is 0.641. The summed E-state index contributed by atoms with van der Waals surface area (Å²) in [5.41, 5.74) is 1.17. The normalized spacial score (nSPS) is 12.8. The van der Waals surface area contributed by atoms with E-state index in [1.165, 1.54) is 0 Å². The van der Waals surface area contributed by atoms with Gasteiger partial charge in [-0.15, -0.1) is 0 Å². The second kappa shape index (κ2) is 9.56. The first-order valence-corrected chi connectivity index (χ1v) is 8.98. The van der Waals surface area contributed by atoms with E-state index in [2.05, 4.69) is 24.5 Å². The number of carbonyl (C=O) groups excluding carboxylic acids is 2. The number of hydrogen-bond acceptors (Lipinski definition) is 3. The van der Waals surface area contributed by atoms with Crippen molar-refractivity contribution in [2.75, 3.05) is 11.9 Å². The summed E-state index contributed by atoms with van der Waals surface area (Å²) < 4.78 is 0. The lowest BCUT2D eigenvalue weighted by Crippen LogP contribution is -2.37. The Hall–Kier alpha value is -1.88. The lowest BCUT2D eigenvalue weighted by molar-refractivity contribution is -0.124. The molecule has 0 saturated heterocycles. The van der Waals surface area contributed by atoms with E-state index in [4.69, 9.17) is 5.11 Å². The molecule has 0 aliphatic rings. The summed E-state index contributed by atoms with van der Waals surface area (Å²) >= 11 is 0. The molecule has 0 radical (unpaired) electrons. The van der Waals surface area contributed by atoms with Crippen molar-refractivity contribution in [3.63, 3.8) is 0 Å². The summed E-state index contributed by atoms with van der Waals surface area (Å²) in [6, 6.07) is 7.11. The molecule has 0 aromatic heterocycles. The first-order valence-electron chi connectivity index (χ1n) is 8.98. The second-order valence-electron chi connectivity index (χ2n) is 7.66. The molecule has 1 unspecified atom stereocenters. The molecule has 0 aliphatic heterocycles. The number of benzene rings is 1. The van der Waals surface area contributed by atoms with Crippen LogP contribution >= 0.6 is 0 Å². The van der Waals surface area contributed by atoms with Crippen molar-refractivity contribution in [1.29, 1.82) is 0 Å². The zero-order valence-electron chi connectivity index (χ0n) is 16.1. The Morgan fingerprint density at radius 3 is 2.24 bits per heavy atom. The fourth-order valence-electron chi connectivity index (χ4n) is 2.86. The molecule has 1 aromatic carbocycles. The Morgan fingerprint density at radius 2 is 1.76 bits per heavy atom. The van der Waals surface area contributed by atoms with Crippen LogP contribution in [-0.4, -0.2) is 29.6 Å². The zero-order chi connectivity index (χ0) is 19.0. The topological polar surface area (TPSA) is 78.4 Å². The van der Waals surface area contributed by atoms with Gasteiger partial charge in [0.15, 0.2) is 0 Å². The first-order chi connectivity index (χ1) is 11.7. The lowest BCUT2D eigenvalue weighted by Gasteiger charge is -2.25. The van der Waals surface area contributed by atoms with E-state index >= 15 is 0 Å². The summed E-state index contributed by atoms with van der Waals surface area (Å²) in [7, 11) is 0. The number of nitrogens with one attached hydrogen (secondary N) is 2. The Morgan fingerprint density at radius 1 is 1.16 bits per heavy atom. The first kappa shape index (κ1) is 21.2. The van der Waals surface area contributed by atoms with E-state index in [0.29, 0.717) is 12.3 Å². The maximum absolute atomic E-state index is 12.4. The monoisotopic (exact) mass is 348 g/mol. The van der Waals surface area contributed by atoms with Crippen LogP contribution in [0, 0.1) is 11.3 Å². The maximum Gasteiger partial charge on any atom is 0.230 e. The number of anilines is 1. The molecular weight excluding hydrogens is 316 g/mol. The molecule has 0 bridgehead atoms. The fourth-order valence-corrected chi connectivity index (χ4v) is 2.86. The van der Waals surface area contributed by atoms with E-state index in [-0.39, 0.29) is 30.9 Å². The van der Waals surface area contributed by atoms with Gasteiger partial charge in [0.25, 0.3) is 0 Å². The van der Waals surface area contributed by atoms with Gasteiger partial charge >= 0.3 is 0 Å². The highest BCUT2D eigenvalue weighted by Gasteiger charge is 2.28. The molecule has 1 rings (SSSR count). The van der Waals surface area contributed by atoms with Crippen molar-refractivity contribution in [2.45, 2.75) is 59.9 Å². The number of aliphatic hydroxyl groups is 1. The lowest BCUT2D eigenvalue weighted by atomic mass is 9.83. The van der Waals surface area contributed by atoms with E-state index in [1.54, 1.807) is 0 Å². The van der Waals surface area contributed by atoms with Gasteiger partial charge in [0.05, 0.1) is 19.1 Å². The molecule has 0 spiro atoms. The predicted octanol–water partition coefficient (Wildman–Crippen LogP) is 3.13. The van der Waals surface area contributed by atoms with Crippen molar-refractivity contribution in [3.8, 4) is 0 Å². The van der Waals surface area contributed by atoms with Crippen LogP contribution in [0.15, 0.2) is 24.3 Å². The Bertz CT molecular complexity index is 561. The zero-order valence-corrected chi connectivity index (χ0v) is 16.1. The fraction of sp³-hybridized carbons (Fsp3) is 0.600. The number of hydrogen-bond donors (Lipinski definition) is 3. The highest BCUT2D eigenvalue weighted by molar-refractivity contribution is 5.94. The highest BCUT2D eigenvalue weighted by atomic mass is 16.3. The van der Waals surface area contributed by atoms with Crippen LogP contribution in [-0.2, 0) is 16.0 Å². The SMILES string of the molecule is CCC(CO)NC(=O)Cc1ccc(NC(=O)C(C)(C)CC(C)C)cc1. The average Bonchev–Trinajstić information content (AvgIpc) is 2.53. The molecule has 0 heterocycles. The van der Waals surface area contributed by atoms with Crippen LogP contribution in [0.2, 0.25) is 0 Å². The number of aliphatic hydroxyl groups excluding tert-OH is 1. The van der Waals surface area contributed by atoms with Crippen LogP contribution in [0.4, 0.5) is 5.69 Å². The maximum atomic E-state index is 12.4. The molecule has 3 N–H and O–H groups in total. The van der Waals surface area contributed by atoms with Crippen LogP contribution in [0.3, 0.4) is 0 Å². The van der Waals surface area contributed by atoms with Crippen molar-refractivity contribution >= 4 is 17.5 Å². The minimum Gasteiger partial charge on any atom is -0.394 e. The van der Waals surface area contributed by atoms with E-state index in [9.17, 15) is 9.59 Å². The summed E-state index contributed by atoms with van der Waals surface area (Å²) in [5, 5.41) is 14.9. The van der Waals surface area contributed by atoms with Crippen molar-refractivity contribution in [2.24, 2.45) is 11.3 Å². The summed E-state index contributed by atoms with van der Waals surface area (Å²) in [5.74, 6) is 0.337. The summed E-state index contributed by atoms with van der Waals surface area (Å²) in [4.78, 5) is 24.4. The van der Waals surface area contributed by atoms with Gasteiger partial charge in [-0.05, 0) is 36.5 Å². The van der Waals surface area contributed by atoms with E-state index in [1.807, 2.05) is 45.0 Å². The van der Waals surface area contributed by atoms with Gasteiger partial charge in [-0.2, -0.15) is 0 Å². The van der Waals surface area contributed by atoms with Crippen molar-refractivity contribution in [1.82, 2.24) is 5.32 Å². The van der Waals surface area contributed by atoms with Crippen LogP contribution in [0.1, 0.15) is 53.0 Å². The van der Waals surface area contributed by atoms with Crippen molar-refractivity contribution < 1.29 is 14.7 Å². The minimum atomic E-state index is -0.424. The van der Waals surface area contributed by atoms with Gasteiger partial charge in [0, 0.05) is 11.1 Å². The van der Waals surface area contributed by atoms with Gasteiger partial charge in [-0.25, -0.2) is 0 Å². The number of carbonyl (C=O) groups is 2. The van der Waals surface area contributed by atoms with Gasteiger partial charge in [-0.1, -0.05) is 46.8 Å². The van der Waals surface area contributed by atoms with E-state index in [0.717, 1.165) is 17.7 Å². The van der Waals surface area contributed by atoms with Gasteiger partial charge < -0.3 is 15.7 Å². The molecule has 1 atom stereocenters. The largest absolute Gasteiger partial charge is 0.394 e. The molecular formula is C20H32N2O3. The molecule has 2 amide bonds. The molecule has 5 heteroatoms. The Kier molecular flexibility index (Phi) is 8.10. The van der Waals surface area contributed by atoms with Gasteiger partial charge in [0.1, 0.15) is 0 Å². The van der Waals surface area contributed by atoms with Gasteiger partial charge in [-0.3, -0.25) is 9.59 Å². The Labute approximate surface area is 151 Å². The molecule has 0 saturated carbocycles. The third-order valence-electron chi connectivity index (χ3n) is 4.19. The average molecular weight is 348 g/mol. The molecule has 1 aromatic rings.